The Balaban J connectivity index is 2.61. The molecule has 0 bridgehead atoms. The van der Waals surface area contributed by atoms with Crippen molar-refractivity contribution in [2.75, 3.05) is 19.4 Å². The fourth-order valence-corrected chi connectivity index (χ4v) is 0.992. The van der Waals surface area contributed by atoms with Gasteiger partial charge in [0.15, 0.2) is 5.69 Å². The summed E-state index contributed by atoms with van der Waals surface area (Å²) in [5, 5.41) is 6.18. The van der Waals surface area contributed by atoms with Crippen molar-refractivity contribution in [3.05, 3.63) is 11.9 Å². The summed E-state index contributed by atoms with van der Waals surface area (Å²) in [5.74, 6) is -1.03. The molecule has 0 unspecified atom stereocenters. The van der Waals surface area contributed by atoms with E-state index in [1.807, 2.05) is 0 Å². The predicted molar refractivity (Wildman–Crippen MR) is 52.0 cm³/mol. The van der Waals surface area contributed by atoms with E-state index in [0.717, 1.165) is 0 Å². The lowest BCUT2D eigenvalue weighted by atomic mass is 10.3. The fourth-order valence-electron chi connectivity index (χ4n) is 0.992. The van der Waals surface area contributed by atoms with Gasteiger partial charge in [0.05, 0.1) is 12.8 Å². The number of carbonyl (C=O) groups is 2. The molecule has 0 fully saturated rings. The zero-order valence-corrected chi connectivity index (χ0v) is 8.48. The van der Waals surface area contributed by atoms with Crippen LogP contribution in [0.5, 0.6) is 0 Å². The first-order valence-corrected chi connectivity index (χ1v) is 4.18. The van der Waals surface area contributed by atoms with Crippen molar-refractivity contribution in [1.82, 2.24) is 15.1 Å². The number of hydrogen-bond acceptors (Lipinski definition) is 5. The predicted octanol–water partition coefficient (Wildman–Crippen LogP) is -1.09. The number of aryl methyl sites for hydroxylation is 1. The third-order valence-electron chi connectivity index (χ3n) is 1.69. The Morgan fingerprint density at radius 1 is 1.67 bits per heavy atom. The van der Waals surface area contributed by atoms with Gasteiger partial charge in [0.1, 0.15) is 6.54 Å². The normalized spacial score (nSPS) is 9.73. The van der Waals surface area contributed by atoms with Crippen LogP contribution in [-0.4, -0.2) is 35.3 Å². The maximum Gasteiger partial charge on any atom is 0.325 e. The van der Waals surface area contributed by atoms with Gasteiger partial charge < -0.3 is 15.8 Å². The summed E-state index contributed by atoms with van der Waals surface area (Å²) in [6, 6.07) is 0. The second kappa shape index (κ2) is 4.45. The Morgan fingerprint density at radius 3 is 2.80 bits per heavy atom. The van der Waals surface area contributed by atoms with Crippen molar-refractivity contribution in [2.24, 2.45) is 7.05 Å². The maximum atomic E-state index is 11.4. The summed E-state index contributed by atoms with van der Waals surface area (Å²) in [7, 11) is 2.89. The van der Waals surface area contributed by atoms with Crippen LogP contribution in [0.1, 0.15) is 10.5 Å². The molecule has 0 aliphatic rings. The molecule has 1 aromatic heterocycles. The van der Waals surface area contributed by atoms with E-state index in [4.69, 9.17) is 5.73 Å². The third-order valence-corrected chi connectivity index (χ3v) is 1.69. The Kier molecular flexibility index (Phi) is 3.27. The van der Waals surface area contributed by atoms with Crippen LogP contribution in [0.4, 0.5) is 5.69 Å². The summed E-state index contributed by atoms with van der Waals surface area (Å²) in [6.45, 7) is -0.203. The molecule has 1 amide bonds. The monoisotopic (exact) mass is 212 g/mol. The van der Waals surface area contributed by atoms with E-state index in [9.17, 15) is 9.59 Å². The molecule has 1 rings (SSSR count). The molecule has 0 saturated heterocycles. The number of ether oxygens (including phenoxy) is 1. The van der Waals surface area contributed by atoms with Crippen LogP contribution in [0.2, 0.25) is 0 Å². The molecule has 0 radical (unpaired) electrons. The lowest BCUT2D eigenvalue weighted by Gasteiger charge is -2.01. The lowest BCUT2D eigenvalue weighted by molar-refractivity contribution is -0.139. The average molecular weight is 212 g/mol. The van der Waals surface area contributed by atoms with E-state index >= 15 is 0 Å². The Morgan fingerprint density at radius 2 is 2.33 bits per heavy atom. The molecule has 7 heteroatoms. The van der Waals surface area contributed by atoms with Crippen molar-refractivity contribution in [1.29, 1.82) is 0 Å². The zero-order chi connectivity index (χ0) is 11.4. The smallest absolute Gasteiger partial charge is 0.325 e. The zero-order valence-electron chi connectivity index (χ0n) is 8.48. The van der Waals surface area contributed by atoms with Crippen LogP contribution < -0.4 is 11.1 Å². The number of nitrogen functional groups attached to an aromatic ring is 1. The highest BCUT2D eigenvalue weighted by atomic mass is 16.5. The number of nitrogens with zero attached hydrogens (tertiary/aromatic N) is 2. The van der Waals surface area contributed by atoms with E-state index in [0.29, 0.717) is 0 Å². The molecule has 1 aromatic rings. The van der Waals surface area contributed by atoms with Crippen LogP contribution in [0.15, 0.2) is 6.20 Å². The highest BCUT2D eigenvalue weighted by Crippen LogP contribution is 2.06. The molecule has 0 aliphatic carbocycles. The van der Waals surface area contributed by atoms with Crippen LogP contribution in [0.3, 0.4) is 0 Å². The van der Waals surface area contributed by atoms with Crippen molar-refractivity contribution in [3.63, 3.8) is 0 Å². The van der Waals surface area contributed by atoms with Crippen LogP contribution in [-0.2, 0) is 16.6 Å². The molecule has 0 saturated carbocycles. The number of amides is 1. The minimum absolute atomic E-state index is 0.0985. The quantitative estimate of drug-likeness (QED) is 0.620. The summed E-state index contributed by atoms with van der Waals surface area (Å²) in [5.41, 5.74) is 5.88. The molecular weight excluding hydrogens is 200 g/mol. The molecule has 82 valence electrons. The summed E-state index contributed by atoms with van der Waals surface area (Å²) in [6.07, 6.45) is 1.51. The van der Waals surface area contributed by atoms with E-state index in [1.54, 1.807) is 7.05 Å². The number of nitrogens with two attached hydrogens (primary N) is 1. The fraction of sp³-hybridized carbons (Fsp3) is 0.375. The van der Waals surface area contributed by atoms with Gasteiger partial charge in [0, 0.05) is 13.2 Å². The molecule has 0 atom stereocenters. The number of anilines is 1. The number of rotatable bonds is 3. The minimum atomic E-state index is -0.530. The van der Waals surface area contributed by atoms with Crippen molar-refractivity contribution in [2.45, 2.75) is 0 Å². The van der Waals surface area contributed by atoms with E-state index < -0.39 is 11.9 Å². The second-order valence-corrected chi connectivity index (χ2v) is 2.87. The maximum absolute atomic E-state index is 11.4. The van der Waals surface area contributed by atoms with Crippen molar-refractivity contribution in [3.8, 4) is 0 Å². The molecule has 3 N–H and O–H groups in total. The third kappa shape index (κ3) is 2.70. The lowest BCUT2D eigenvalue weighted by Crippen LogP contribution is -2.30. The molecule has 15 heavy (non-hydrogen) atoms. The SMILES string of the molecule is COC(=O)CNC(=O)c1nn(C)cc1N. The largest absolute Gasteiger partial charge is 0.468 e. The number of aromatic nitrogens is 2. The topological polar surface area (TPSA) is 99.2 Å². The van der Waals surface area contributed by atoms with E-state index in [1.165, 1.54) is 18.0 Å². The first kappa shape index (κ1) is 11.0. The van der Waals surface area contributed by atoms with Crippen molar-refractivity contribution < 1.29 is 14.3 Å². The van der Waals surface area contributed by atoms with Gasteiger partial charge in [-0.1, -0.05) is 0 Å². The van der Waals surface area contributed by atoms with Crippen LogP contribution >= 0.6 is 0 Å². The number of hydrogen-bond donors (Lipinski definition) is 2. The molecule has 1 heterocycles. The Bertz CT molecular complexity index is 385. The van der Waals surface area contributed by atoms with E-state index in [-0.39, 0.29) is 17.9 Å². The highest BCUT2D eigenvalue weighted by Gasteiger charge is 2.14. The molecule has 0 aromatic carbocycles. The minimum Gasteiger partial charge on any atom is -0.468 e. The van der Waals surface area contributed by atoms with Gasteiger partial charge in [-0.25, -0.2) is 0 Å². The summed E-state index contributed by atoms with van der Waals surface area (Å²) < 4.78 is 5.78. The number of carbonyl (C=O) groups excluding carboxylic acids is 2. The summed E-state index contributed by atoms with van der Waals surface area (Å²) >= 11 is 0. The number of nitrogens with one attached hydrogen (secondary N) is 1. The molecule has 0 spiro atoms. The van der Waals surface area contributed by atoms with Crippen molar-refractivity contribution >= 4 is 17.6 Å². The molecule has 0 aliphatic heterocycles. The Hall–Kier alpha value is -2.05. The van der Waals surface area contributed by atoms with Gasteiger partial charge in [0.2, 0.25) is 0 Å². The molecular formula is C8H12N4O3. The number of methoxy groups -OCH3 is 1. The van der Waals surface area contributed by atoms with Gasteiger partial charge in [-0.05, 0) is 0 Å². The molecule has 7 nitrogen and oxygen atoms in total. The number of esters is 1. The van der Waals surface area contributed by atoms with Gasteiger partial charge in [0.25, 0.3) is 5.91 Å². The standard InChI is InChI=1S/C8H12N4O3/c1-12-4-5(9)7(11-12)8(14)10-3-6(13)15-2/h4H,3,9H2,1-2H3,(H,10,14). The Labute approximate surface area is 86.2 Å². The second-order valence-electron chi connectivity index (χ2n) is 2.87. The van der Waals surface area contributed by atoms with Gasteiger partial charge >= 0.3 is 5.97 Å². The van der Waals surface area contributed by atoms with Crippen LogP contribution in [0.25, 0.3) is 0 Å². The van der Waals surface area contributed by atoms with Gasteiger partial charge in [-0.15, -0.1) is 0 Å². The first-order chi connectivity index (χ1) is 7.04. The summed E-state index contributed by atoms with van der Waals surface area (Å²) in [4.78, 5) is 22.2. The highest BCUT2D eigenvalue weighted by molar-refractivity contribution is 5.98. The van der Waals surface area contributed by atoms with Crippen LogP contribution in [0, 0.1) is 0 Å². The van der Waals surface area contributed by atoms with Gasteiger partial charge in [-0.2, -0.15) is 5.10 Å². The average Bonchev–Trinajstić information content (AvgIpc) is 2.53. The first-order valence-electron chi connectivity index (χ1n) is 4.18. The van der Waals surface area contributed by atoms with E-state index in [2.05, 4.69) is 15.2 Å². The van der Waals surface area contributed by atoms with Gasteiger partial charge in [-0.3, -0.25) is 14.3 Å².